The zero-order valence-corrected chi connectivity index (χ0v) is 10.8. The number of rotatable bonds is 4. The minimum Gasteiger partial charge on any atom is -0.497 e. The quantitative estimate of drug-likeness (QED) is 0.819. The van der Waals surface area contributed by atoms with Crippen molar-refractivity contribution in [2.75, 3.05) is 27.4 Å². The van der Waals surface area contributed by atoms with Crippen LogP contribution in [0.4, 0.5) is 4.79 Å². The molecule has 0 aliphatic carbocycles. The fourth-order valence-electron chi connectivity index (χ4n) is 1.86. The molecule has 0 bridgehead atoms. The van der Waals surface area contributed by atoms with Crippen molar-refractivity contribution < 1.29 is 23.8 Å². The summed E-state index contributed by atoms with van der Waals surface area (Å²) in [4.78, 5) is 24.4. The third-order valence-corrected chi connectivity index (χ3v) is 2.83. The van der Waals surface area contributed by atoms with Gasteiger partial charge < -0.3 is 14.2 Å². The number of amides is 2. The van der Waals surface area contributed by atoms with Gasteiger partial charge in [0.15, 0.2) is 0 Å². The molecule has 2 rings (SSSR count). The molecule has 0 spiro atoms. The van der Waals surface area contributed by atoms with E-state index < -0.39 is 6.09 Å². The highest BCUT2D eigenvalue weighted by atomic mass is 16.6. The van der Waals surface area contributed by atoms with E-state index in [9.17, 15) is 9.59 Å². The summed E-state index contributed by atoms with van der Waals surface area (Å²) in [6.07, 6.45) is -0.484. The van der Waals surface area contributed by atoms with Crippen LogP contribution in [0.3, 0.4) is 0 Å². The van der Waals surface area contributed by atoms with Gasteiger partial charge in [-0.05, 0) is 17.7 Å². The molecule has 1 aliphatic heterocycles. The van der Waals surface area contributed by atoms with Gasteiger partial charge in [-0.1, -0.05) is 0 Å². The normalized spacial score (nSPS) is 14.2. The summed E-state index contributed by atoms with van der Waals surface area (Å²) in [5, 5.41) is 0. The van der Waals surface area contributed by atoms with Gasteiger partial charge in [-0.2, -0.15) is 0 Å². The van der Waals surface area contributed by atoms with Gasteiger partial charge in [0, 0.05) is 6.07 Å². The molecule has 0 radical (unpaired) electrons. The maximum Gasteiger partial charge on any atom is 0.416 e. The number of ether oxygens (including phenoxy) is 3. The summed E-state index contributed by atoms with van der Waals surface area (Å²) in [5.41, 5.74) is 0.723. The SMILES string of the molecule is COc1cc(CC(=O)N2CCOC2=O)cc(OC)c1. The Labute approximate surface area is 110 Å². The molecule has 0 atom stereocenters. The Balaban J connectivity index is 2.13. The molecule has 1 heterocycles. The van der Waals surface area contributed by atoms with Crippen molar-refractivity contribution >= 4 is 12.0 Å². The van der Waals surface area contributed by atoms with Gasteiger partial charge >= 0.3 is 6.09 Å². The highest BCUT2D eigenvalue weighted by molar-refractivity contribution is 5.94. The standard InChI is InChI=1S/C13H15NO5/c1-17-10-5-9(6-11(8-10)18-2)7-12(15)14-3-4-19-13(14)16/h5-6,8H,3-4,7H2,1-2H3. The van der Waals surface area contributed by atoms with E-state index in [1.165, 1.54) is 14.2 Å². The molecule has 2 amide bonds. The van der Waals surface area contributed by atoms with Crippen LogP contribution in [0.25, 0.3) is 0 Å². The zero-order valence-electron chi connectivity index (χ0n) is 10.8. The average Bonchev–Trinajstić information content (AvgIpc) is 2.84. The Bertz CT molecular complexity index is 478. The molecular formula is C13H15NO5. The van der Waals surface area contributed by atoms with Crippen LogP contribution in [0.5, 0.6) is 11.5 Å². The lowest BCUT2D eigenvalue weighted by atomic mass is 10.1. The Kier molecular flexibility index (Phi) is 3.89. The summed E-state index contributed by atoms with van der Waals surface area (Å²) in [6, 6.07) is 5.20. The van der Waals surface area contributed by atoms with Crippen LogP contribution in [0.15, 0.2) is 18.2 Å². The van der Waals surface area contributed by atoms with E-state index in [1.807, 2.05) is 0 Å². The average molecular weight is 265 g/mol. The number of hydrogen-bond donors (Lipinski definition) is 0. The number of benzene rings is 1. The second-order valence-electron chi connectivity index (χ2n) is 4.06. The van der Waals surface area contributed by atoms with E-state index in [0.29, 0.717) is 18.0 Å². The first-order valence-electron chi connectivity index (χ1n) is 5.83. The molecule has 0 aromatic heterocycles. The molecule has 1 saturated heterocycles. The number of imide groups is 1. The van der Waals surface area contributed by atoms with Gasteiger partial charge in [-0.25, -0.2) is 9.69 Å². The van der Waals surface area contributed by atoms with Crippen molar-refractivity contribution in [3.05, 3.63) is 23.8 Å². The fourth-order valence-corrected chi connectivity index (χ4v) is 1.86. The molecule has 0 saturated carbocycles. The van der Waals surface area contributed by atoms with Crippen molar-refractivity contribution in [2.24, 2.45) is 0 Å². The van der Waals surface area contributed by atoms with Gasteiger partial charge in [-0.15, -0.1) is 0 Å². The molecule has 6 heteroatoms. The lowest BCUT2D eigenvalue weighted by molar-refractivity contribution is -0.127. The van der Waals surface area contributed by atoms with E-state index in [1.54, 1.807) is 18.2 Å². The van der Waals surface area contributed by atoms with Gasteiger partial charge in [0.1, 0.15) is 18.1 Å². The Morgan fingerprint density at radius 3 is 2.37 bits per heavy atom. The van der Waals surface area contributed by atoms with Crippen LogP contribution in [-0.4, -0.2) is 44.3 Å². The second kappa shape index (κ2) is 5.60. The van der Waals surface area contributed by atoms with E-state index in [-0.39, 0.29) is 18.9 Å². The van der Waals surface area contributed by atoms with Crippen LogP contribution in [0, 0.1) is 0 Å². The third-order valence-electron chi connectivity index (χ3n) is 2.83. The van der Waals surface area contributed by atoms with E-state index in [4.69, 9.17) is 14.2 Å². The molecule has 1 aromatic carbocycles. The van der Waals surface area contributed by atoms with Crippen LogP contribution in [0.1, 0.15) is 5.56 Å². The predicted octanol–water partition coefficient (Wildman–Crippen LogP) is 1.23. The number of methoxy groups -OCH3 is 2. The van der Waals surface area contributed by atoms with Crippen LogP contribution in [-0.2, 0) is 16.0 Å². The predicted molar refractivity (Wildman–Crippen MR) is 66.3 cm³/mol. The first-order valence-corrected chi connectivity index (χ1v) is 5.83. The van der Waals surface area contributed by atoms with Gasteiger partial charge in [-0.3, -0.25) is 4.79 Å². The fraction of sp³-hybridized carbons (Fsp3) is 0.385. The van der Waals surface area contributed by atoms with E-state index in [0.717, 1.165) is 10.5 Å². The monoisotopic (exact) mass is 265 g/mol. The first-order chi connectivity index (χ1) is 9.13. The molecule has 1 aliphatic rings. The van der Waals surface area contributed by atoms with Crippen molar-refractivity contribution in [1.82, 2.24) is 4.90 Å². The lowest BCUT2D eigenvalue weighted by Crippen LogP contribution is -2.32. The third kappa shape index (κ3) is 2.96. The van der Waals surface area contributed by atoms with Crippen molar-refractivity contribution in [3.8, 4) is 11.5 Å². The van der Waals surface area contributed by atoms with Crippen LogP contribution >= 0.6 is 0 Å². The topological polar surface area (TPSA) is 65.1 Å². The van der Waals surface area contributed by atoms with Gasteiger partial charge in [0.2, 0.25) is 5.91 Å². The summed E-state index contributed by atoms with van der Waals surface area (Å²) in [7, 11) is 3.08. The number of cyclic esters (lactones) is 1. The molecular weight excluding hydrogens is 250 g/mol. The highest BCUT2D eigenvalue weighted by Crippen LogP contribution is 2.23. The van der Waals surface area contributed by atoms with Gasteiger partial charge in [0.25, 0.3) is 0 Å². The minimum atomic E-state index is -0.583. The Morgan fingerprint density at radius 2 is 1.89 bits per heavy atom. The lowest BCUT2D eigenvalue weighted by Gasteiger charge is -2.12. The number of hydrogen-bond acceptors (Lipinski definition) is 5. The summed E-state index contributed by atoms with van der Waals surface area (Å²) >= 11 is 0. The summed E-state index contributed by atoms with van der Waals surface area (Å²) < 4.78 is 15.0. The first kappa shape index (κ1) is 13.2. The summed E-state index contributed by atoms with van der Waals surface area (Å²) in [5.74, 6) is 0.912. The number of carbonyl (C=O) groups is 2. The van der Waals surface area contributed by atoms with Crippen LogP contribution < -0.4 is 9.47 Å². The van der Waals surface area contributed by atoms with Crippen LogP contribution in [0.2, 0.25) is 0 Å². The molecule has 1 fully saturated rings. The maximum atomic E-state index is 12.0. The number of carbonyl (C=O) groups excluding carboxylic acids is 2. The highest BCUT2D eigenvalue weighted by Gasteiger charge is 2.28. The van der Waals surface area contributed by atoms with E-state index in [2.05, 4.69) is 0 Å². The molecule has 102 valence electrons. The molecule has 6 nitrogen and oxygen atoms in total. The second-order valence-corrected chi connectivity index (χ2v) is 4.06. The molecule has 19 heavy (non-hydrogen) atoms. The zero-order chi connectivity index (χ0) is 13.8. The number of nitrogens with zero attached hydrogens (tertiary/aromatic N) is 1. The Hall–Kier alpha value is -2.24. The molecule has 0 unspecified atom stereocenters. The smallest absolute Gasteiger partial charge is 0.416 e. The van der Waals surface area contributed by atoms with E-state index >= 15 is 0 Å². The maximum absolute atomic E-state index is 12.0. The Morgan fingerprint density at radius 1 is 1.26 bits per heavy atom. The van der Waals surface area contributed by atoms with Crippen molar-refractivity contribution in [2.45, 2.75) is 6.42 Å². The van der Waals surface area contributed by atoms with Gasteiger partial charge in [0.05, 0.1) is 27.2 Å². The van der Waals surface area contributed by atoms with Crippen molar-refractivity contribution in [1.29, 1.82) is 0 Å². The minimum absolute atomic E-state index is 0.0999. The largest absolute Gasteiger partial charge is 0.497 e. The molecule has 0 N–H and O–H groups in total. The van der Waals surface area contributed by atoms with Crippen molar-refractivity contribution in [3.63, 3.8) is 0 Å². The summed E-state index contributed by atoms with van der Waals surface area (Å²) in [6.45, 7) is 0.560. The molecule has 1 aromatic rings.